The maximum absolute atomic E-state index is 12.4. The van der Waals surface area contributed by atoms with Crippen molar-refractivity contribution in [1.82, 2.24) is 10.2 Å². The van der Waals surface area contributed by atoms with Crippen molar-refractivity contribution in [3.8, 4) is 0 Å². The number of carboxylic acid groups (broad SMARTS) is 1. The quantitative estimate of drug-likeness (QED) is 0.504. The van der Waals surface area contributed by atoms with Crippen LogP contribution in [-0.4, -0.2) is 51.0 Å². The monoisotopic (exact) mass is 351 g/mol. The molecule has 8 heteroatoms. The first kappa shape index (κ1) is 17.0. The molecule has 1 saturated heterocycles. The summed E-state index contributed by atoms with van der Waals surface area (Å²) in [6, 6.07) is -1.45. The number of nitrogens with zero attached hydrogens (tertiary/aromatic N) is 1. The molecule has 0 spiro atoms. The fourth-order valence-electron chi connectivity index (χ4n) is 3.33. The van der Waals surface area contributed by atoms with E-state index in [1.807, 2.05) is 6.08 Å². The van der Waals surface area contributed by atoms with E-state index in [0.717, 1.165) is 31.3 Å². The second kappa shape index (κ2) is 6.60. The molecule has 3 rings (SSSR count). The van der Waals surface area contributed by atoms with Gasteiger partial charge in [-0.25, -0.2) is 4.79 Å². The van der Waals surface area contributed by atoms with Gasteiger partial charge in [-0.15, -0.1) is 11.8 Å². The maximum atomic E-state index is 12.4. The van der Waals surface area contributed by atoms with E-state index in [-0.39, 0.29) is 22.9 Å². The average molecular weight is 351 g/mol. The lowest BCUT2D eigenvalue weighted by Gasteiger charge is -2.49. The number of rotatable bonds is 4. The van der Waals surface area contributed by atoms with E-state index in [1.165, 1.54) is 16.7 Å². The van der Waals surface area contributed by atoms with Crippen LogP contribution < -0.4 is 11.1 Å². The average Bonchev–Trinajstić information content (AvgIpc) is 2.59. The molecule has 0 bridgehead atoms. The van der Waals surface area contributed by atoms with Crippen molar-refractivity contribution in [2.24, 2.45) is 5.73 Å². The Morgan fingerprint density at radius 1 is 1.46 bits per heavy atom. The summed E-state index contributed by atoms with van der Waals surface area (Å²) < 4.78 is 0. The molecular weight excluding hydrogens is 330 g/mol. The molecule has 2 amide bonds. The summed E-state index contributed by atoms with van der Waals surface area (Å²) in [6.45, 7) is 1.71. The number of aliphatic carboxylic acids is 1. The molecule has 7 nitrogen and oxygen atoms in total. The number of β-lactam (4-membered cyclic amide) rings is 1. The van der Waals surface area contributed by atoms with Crippen molar-refractivity contribution in [2.75, 3.05) is 5.75 Å². The van der Waals surface area contributed by atoms with Crippen molar-refractivity contribution in [1.29, 1.82) is 0 Å². The number of nitrogens with two attached hydrogens (primary N) is 1. The topological polar surface area (TPSA) is 113 Å². The maximum Gasteiger partial charge on any atom is 0.352 e. The van der Waals surface area contributed by atoms with Crippen LogP contribution in [0.1, 0.15) is 32.6 Å². The second-order valence-electron chi connectivity index (χ2n) is 6.33. The largest absolute Gasteiger partial charge is 0.477 e. The Kier molecular flexibility index (Phi) is 4.69. The number of carbonyl (C=O) groups is 3. The van der Waals surface area contributed by atoms with E-state index >= 15 is 0 Å². The fraction of sp³-hybridized carbons (Fsp3) is 0.562. The summed E-state index contributed by atoms with van der Waals surface area (Å²) in [5.74, 6) is -1.34. The molecule has 0 radical (unpaired) electrons. The van der Waals surface area contributed by atoms with Crippen molar-refractivity contribution in [2.45, 2.75) is 50.1 Å². The van der Waals surface area contributed by atoms with E-state index in [9.17, 15) is 19.5 Å². The summed E-state index contributed by atoms with van der Waals surface area (Å²) >= 11 is 1.46. The number of amides is 2. The van der Waals surface area contributed by atoms with E-state index < -0.39 is 18.1 Å². The van der Waals surface area contributed by atoms with E-state index in [4.69, 9.17) is 5.73 Å². The zero-order chi connectivity index (χ0) is 17.4. The van der Waals surface area contributed by atoms with Crippen LogP contribution in [0.15, 0.2) is 22.9 Å². The number of thioether (sulfide) groups is 1. The molecule has 0 aromatic rings. The Labute approximate surface area is 144 Å². The zero-order valence-electron chi connectivity index (χ0n) is 13.4. The molecule has 1 aliphatic carbocycles. The van der Waals surface area contributed by atoms with E-state index in [0.29, 0.717) is 11.3 Å². The Bertz CT molecular complexity index is 658. The van der Waals surface area contributed by atoms with Gasteiger partial charge in [0.2, 0.25) is 5.91 Å². The van der Waals surface area contributed by atoms with Gasteiger partial charge in [-0.3, -0.25) is 14.5 Å². The molecule has 0 aromatic heterocycles. The van der Waals surface area contributed by atoms with Gasteiger partial charge in [0.05, 0.1) is 0 Å². The lowest BCUT2D eigenvalue weighted by atomic mass is 9.93. The molecule has 1 fully saturated rings. The molecule has 2 aliphatic heterocycles. The van der Waals surface area contributed by atoms with Crippen molar-refractivity contribution < 1.29 is 19.5 Å². The molecule has 1 unspecified atom stereocenters. The van der Waals surface area contributed by atoms with Crippen molar-refractivity contribution in [3.63, 3.8) is 0 Å². The molecular formula is C16H21N3O4S. The first-order chi connectivity index (χ1) is 11.4. The lowest BCUT2D eigenvalue weighted by Crippen LogP contribution is -2.71. The van der Waals surface area contributed by atoms with Gasteiger partial charge in [-0.1, -0.05) is 6.08 Å². The minimum atomic E-state index is -1.11. The number of fused-ring (bicyclic) bond motifs is 1. The predicted octanol–water partition coefficient (Wildman–Crippen LogP) is 0.573. The van der Waals surface area contributed by atoms with Crippen LogP contribution in [0, 0.1) is 0 Å². The summed E-state index contributed by atoms with van der Waals surface area (Å²) in [5, 5.41) is 11.6. The molecule has 130 valence electrons. The Morgan fingerprint density at radius 3 is 2.83 bits per heavy atom. The highest BCUT2D eigenvalue weighted by atomic mass is 32.2. The number of carboxylic acids is 1. The summed E-state index contributed by atoms with van der Waals surface area (Å²) in [4.78, 5) is 37.3. The highest BCUT2D eigenvalue weighted by Crippen LogP contribution is 2.40. The first-order valence-electron chi connectivity index (χ1n) is 8.04. The van der Waals surface area contributed by atoms with E-state index in [2.05, 4.69) is 5.32 Å². The van der Waals surface area contributed by atoms with Crippen molar-refractivity contribution in [3.05, 3.63) is 22.9 Å². The molecule has 3 aliphatic rings. The van der Waals surface area contributed by atoms with Gasteiger partial charge in [0, 0.05) is 5.75 Å². The lowest BCUT2D eigenvalue weighted by molar-refractivity contribution is -0.150. The van der Waals surface area contributed by atoms with Crippen molar-refractivity contribution >= 4 is 29.5 Å². The summed E-state index contributed by atoms with van der Waals surface area (Å²) in [7, 11) is 0. The summed E-state index contributed by atoms with van der Waals surface area (Å²) in [6.07, 6.45) is 5.87. The van der Waals surface area contributed by atoms with E-state index in [1.54, 1.807) is 6.92 Å². The highest BCUT2D eigenvalue weighted by molar-refractivity contribution is 8.00. The predicted molar refractivity (Wildman–Crippen MR) is 89.9 cm³/mol. The molecule has 4 N–H and O–H groups in total. The third kappa shape index (κ3) is 2.84. The second-order valence-corrected chi connectivity index (χ2v) is 7.44. The minimum absolute atomic E-state index is 0.0357. The fourth-order valence-corrected chi connectivity index (χ4v) is 4.62. The molecule has 0 saturated carbocycles. The van der Waals surface area contributed by atoms with Crippen LogP contribution in [0.5, 0.6) is 0 Å². The third-order valence-corrected chi connectivity index (χ3v) is 6.09. The smallest absolute Gasteiger partial charge is 0.352 e. The zero-order valence-corrected chi connectivity index (χ0v) is 14.3. The van der Waals surface area contributed by atoms with Crippen LogP contribution in [0.2, 0.25) is 0 Å². The van der Waals surface area contributed by atoms with Crippen LogP contribution in [0.4, 0.5) is 0 Å². The molecule has 0 aromatic carbocycles. The number of carbonyl (C=O) groups excluding carboxylic acids is 2. The Hall–Kier alpha value is -1.80. The van der Waals surface area contributed by atoms with Gasteiger partial charge < -0.3 is 16.2 Å². The van der Waals surface area contributed by atoms with Gasteiger partial charge in [0.15, 0.2) is 0 Å². The SMILES string of the molecule is CC1=C(C(=O)O)N2C(=O)C(NC(=O)[C@H](N)C3=CCCCC3)[C@H]2SC1. The van der Waals surface area contributed by atoms with Crippen LogP contribution in [-0.2, 0) is 14.4 Å². The van der Waals surface area contributed by atoms with Crippen LogP contribution in [0.3, 0.4) is 0 Å². The molecule has 2 heterocycles. The number of allylic oxidation sites excluding steroid dienone is 1. The standard InChI is InChI=1S/C16H21N3O4S/c1-8-7-24-15-11(14(21)19(15)12(8)16(22)23)18-13(20)10(17)9-5-3-2-4-6-9/h5,10-11,15H,2-4,6-7,17H2,1H3,(H,18,20)(H,22,23)/t10-,11?,15-/m1/s1. The Balaban J connectivity index is 1.68. The number of nitrogens with one attached hydrogen (secondary N) is 1. The highest BCUT2D eigenvalue weighted by Gasteiger charge is 2.53. The van der Waals surface area contributed by atoms with Gasteiger partial charge >= 0.3 is 5.97 Å². The number of hydrogen-bond donors (Lipinski definition) is 3. The van der Waals surface area contributed by atoms with Gasteiger partial charge in [-0.05, 0) is 43.8 Å². The number of hydrogen-bond acceptors (Lipinski definition) is 5. The van der Waals surface area contributed by atoms with Gasteiger partial charge in [0.1, 0.15) is 23.2 Å². The molecule has 3 atom stereocenters. The first-order valence-corrected chi connectivity index (χ1v) is 9.09. The summed E-state index contributed by atoms with van der Waals surface area (Å²) in [5.41, 5.74) is 7.63. The Morgan fingerprint density at radius 2 is 2.21 bits per heavy atom. The normalized spacial score (nSPS) is 27.8. The molecule has 24 heavy (non-hydrogen) atoms. The third-order valence-electron chi connectivity index (χ3n) is 4.67. The van der Waals surface area contributed by atoms with Crippen LogP contribution >= 0.6 is 11.8 Å². The van der Waals surface area contributed by atoms with Crippen LogP contribution in [0.25, 0.3) is 0 Å². The van der Waals surface area contributed by atoms with Gasteiger partial charge in [-0.2, -0.15) is 0 Å². The van der Waals surface area contributed by atoms with Gasteiger partial charge in [0.25, 0.3) is 5.91 Å². The minimum Gasteiger partial charge on any atom is -0.477 e.